The van der Waals surface area contributed by atoms with Gasteiger partial charge in [0.1, 0.15) is 6.54 Å². The number of nitrogens with one attached hydrogen (secondary N) is 1. The molecule has 1 heterocycles. The fourth-order valence-electron chi connectivity index (χ4n) is 3.80. The Balaban J connectivity index is 1.34. The molecule has 3 N–H and O–H groups in total. The Kier molecular flexibility index (Phi) is 4.61. The van der Waals surface area contributed by atoms with Crippen LogP contribution in [0.4, 0.5) is 5.69 Å². The van der Waals surface area contributed by atoms with Crippen molar-refractivity contribution in [2.75, 3.05) is 18.4 Å². The van der Waals surface area contributed by atoms with Gasteiger partial charge < -0.3 is 16.0 Å². The van der Waals surface area contributed by atoms with Gasteiger partial charge in [0.15, 0.2) is 5.96 Å². The van der Waals surface area contributed by atoms with Crippen LogP contribution in [-0.2, 0) is 30.6 Å². The molecule has 5 heteroatoms. The van der Waals surface area contributed by atoms with Crippen molar-refractivity contribution in [2.24, 2.45) is 10.7 Å². The zero-order valence-corrected chi connectivity index (χ0v) is 14.9. The topological polar surface area (TPSA) is 70.7 Å². The van der Waals surface area contributed by atoms with E-state index < -0.39 is 0 Å². The fraction of sp³-hybridized carbons (Fsp3) is 0.333. The van der Waals surface area contributed by atoms with E-state index in [1.807, 2.05) is 23.1 Å². The molecular weight excluding hydrogens is 324 g/mol. The van der Waals surface area contributed by atoms with Crippen molar-refractivity contribution in [3.05, 3.63) is 64.7 Å². The summed E-state index contributed by atoms with van der Waals surface area (Å²) in [5.41, 5.74) is 12.3. The van der Waals surface area contributed by atoms with Crippen LogP contribution in [0.3, 0.4) is 0 Å². The second kappa shape index (κ2) is 7.20. The van der Waals surface area contributed by atoms with Crippen molar-refractivity contribution in [1.29, 1.82) is 0 Å². The molecule has 0 spiro atoms. The van der Waals surface area contributed by atoms with Gasteiger partial charge in [0.2, 0.25) is 5.91 Å². The van der Waals surface area contributed by atoms with Gasteiger partial charge in [-0.05, 0) is 60.1 Å². The molecule has 2 aromatic rings. The number of hydrogen-bond acceptors (Lipinski definition) is 2. The first-order valence-electron chi connectivity index (χ1n) is 9.22. The van der Waals surface area contributed by atoms with Gasteiger partial charge in [-0.15, -0.1) is 0 Å². The number of anilines is 1. The summed E-state index contributed by atoms with van der Waals surface area (Å²) >= 11 is 0. The summed E-state index contributed by atoms with van der Waals surface area (Å²) in [5.74, 6) is 0.298. The highest BCUT2D eigenvalue weighted by molar-refractivity contribution is 5.94. The molecule has 4 rings (SSSR count). The highest BCUT2D eigenvalue weighted by atomic mass is 16.2. The predicted molar refractivity (Wildman–Crippen MR) is 104 cm³/mol. The largest absolute Gasteiger partial charge is 0.370 e. The van der Waals surface area contributed by atoms with Gasteiger partial charge in [-0.2, -0.15) is 0 Å². The third kappa shape index (κ3) is 3.57. The average molecular weight is 348 g/mol. The normalized spacial score (nSPS) is 16.2. The number of aliphatic imine (C=N–C) groups is 1. The molecular formula is C21H24N4O. The summed E-state index contributed by atoms with van der Waals surface area (Å²) in [6, 6.07) is 14.6. The molecule has 134 valence electrons. The van der Waals surface area contributed by atoms with Crippen LogP contribution in [0, 0.1) is 0 Å². The Labute approximate surface area is 153 Å². The smallest absolute Gasteiger partial charge is 0.244 e. The van der Waals surface area contributed by atoms with Gasteiger partial charge in [0.05, 0.1) is 0 Å². The number of fused-ring (bicyclic) bond motifs is 2. The van der Waals surface area contributed by atoms with Gasteiger partial charge in [-0.25, -0.2) is 4.99 Å². The number of carbonyl (C=O) groups excluding carboxylic acids is 1. The molecule has 0 unspecified atom stereocenters. The minimum Gasteiger partial charge on any atom is -0.370 e. The molecule has 0 saturated heterocycles. The molecule has 2 aromatic carbocycles. The molecule has 26 heavy (non-hydrogen) atoms. The Hall–Kier alpha value is -2.82. The number of guanidine groups is 1. The Bertz CT molecular complexity index is 859. The van der Waals surface area contributed by atoms with Gasteiger partial charge >= 0.3 is 0 Å². The third-order valence-electron chi connectivity index (χ3n) is 5.24. The molecule has 0 radical (unpaired) electrons. The van der Waals surface area contributed by atoms with Crippen LogP contribution in [0.15, 0.2) is 47.5 Å². The van der Waals surface area contributed by atoms with Crippen molar-refractivity contribution >= 4 is 17.6 Å². The van der Waals surface area contributed by atoms with E-state index in [1.54, 1.807) is 0 Å². The van der Waals surface area contributed by atoms with E-state index in [0.29, 0.717) is 6.54 Å². The van der Waals surface area contributed by atoms with E-state index in [9.17, 15) is 4.79 Å². The van der Waals surface area contributed by atoms with Crippen LogP contribution >= 0.6 is 0 Å². The van der Waals surface area contributed by atoms with Crippen molar-refractivity contribution in [2.45, 2.75) is 32.2 Å². The number of nitrogens with zero attached hydrogens (tertiary/aromatic N) is 2. The SMILES string of the molecule is NC(=NCC(=O)N1CCc2ccccc2C1)Nc1ccc2c(c1)CCC2. The van der Waals surface area contributed by atoms with E-state index in [0.717, 1.165) is 31.5 Å². The van der Waals surface area contributed by atoms with E-state index in [-0.39, 0.29) is 18.4 Å². The van der Waals surface area contributed by atoms with Gasteiger partial charge in [-0.1, -0.05) is 30.3 Å². The monoisotopic (exact) mass is 348 g/mol. The van der Waals surface area contributed by atoms with Crippen molar-refractivity contribution in [3.63, 3.8) is 0 Å². The molecule has 5 nitrogen and oxygen atoms in total. The highest BCUT2D eigenvalue weighted by Crippen LogP contribution is 2.24. The number of benzene rings is 2. The molecule has 0 aromatic heterocycles. The Morgan fingerprint density at radius 2 is 1.81 bits per heavy atom. The van der Waals surface area contributed by atoms with Crippen LogP contribution in [0.1, 0.15) is 28.7 Å². The minimum atomic E-state index is 0.0122. The zero-order valence-electron chi connectivity index (χ0n) is 14.9. The lowest BCUT2D eigenvalue weighted by Crippen LogP contribution is -2.38. The van der Waals surface area contributed by atoms with Gasteiger partial charge in [-0.3, -0.25) is 4.79 Å². The lowest BCUT2D eigenvalue weighted by molar-refractivity contribution is -0.130. The van der Waals surface area contributed by atoms with Crippen LogP contribution in [-0.4, -0.2) is 29.9 Å². The first-order valence-corrected chi connectivity index (χ1v) is 9.22. The number of rotatable bonds is 3. The highest BCUT2D eigenvalue weighted by Gasteiger charge is 2.20. The summed E-state index contributed by atoms with van der Waals surface area (Å²) in [6.07, 6.45) is 4.40. The molecule has 0 bridgehead atoms. The molecule has 1 amide bonds. The maximum Gasteiger partial charge on any atom is 0.244 e. The quantitative estimate of drug-likeness (QED) is 0.661. The summed E-state index contributed by atoms with van der Waals surface area (Å²) in [5, 5.41) is 3.10. The number of nitrogens with two attached hydrogens (primary N) is 1. The number of hydrogen-bond donors (Lipinski definition) is 2. The van der Waals surface area contributed by atoms with Gasteiger partial charge in [0.25, 0.3) is 0 Å². The second-order valence-corrected chi connectivity index (χ2v) is 7.00. The predicted octanol–water partition coefficient (Wildman–Crippen LogP) is 2.49. The summed E-state index contributed by atoms with van der Waals surface area (Å²) in [7, 11) is 0. The molecule has 0 fully saturated rings. The summed E-state index contributed by atoms with van der Waals surface area (Å²) in [4.78, 5) is 18.5. The van der Waals surface area contributed by atoms with Crippen LogP contribution in [0.5, 0.6) is 0 Å². The summed E-state index contributed by atoms with van der Waals surface area (Å²) < 4.78 is 0. The maximum atomic E-state index is 12.5. The van der Waals surface area contributed by atoms with Crippen LogP contribution < -0.4 is 11.1 Å². The van der Waals surface area contributed by atoms with E-state index in [4.69, 9.17) is 5.73 Å². The molecule has 2 aliphatic rings. The van der Waals surface area contributed by atoms with E-state index >= 15 is 0 Å². The van der Waals surface area contributed by atoms with Crippen molar-refractivity contribution < 1.29 is 4.79 Å². The first-order chi connectivity index (χ1) is 12.7. The maximum absolute atomic E-state index is 12.5. The summed E-state index contributed by atoms with van der Waals surface area (Å²) in [6.45, 7) is 1.47. The number of carbonyl (C=O) groups is 1. The third-order valence-corrected chi connectivity index (χ3v) is 5.24. The lowest BCUT2D eigenvalue weighted by atomic mass is 10.00. The van der Waals surface area contributed by atoms with Crippen LogP contribution in [0.25, 0.3) is 0 Å². The Morgan fingerprint density at radius 1 is 1.04 bits per heavy atom. The lowest BCUT2D eigenvalue weighted by Gasteiger charge is -2.28. The Morgan fingerprint density at radius 3 is 2.69 bits per heavy atom. The molecule has 0 saturated carbocycles. The van der Waals surface area contributed by atoms with Crippen LogP contribution in [0.2, 0.25) is 0 Å². The van der Waals surface area contributed by atoms with Crippen molar-refractivity contribution in [3.8, 4) is 0 Å². The number of aryl methyl sites for hydroxylation is 2. The van der Waals surface area contributed by atoms with E-state index in [1.165, 1.54) is 28.7 Å². The van der Waals surface area contributed by atoms with E-state index in [2.05, 4.69) is 34.6 Å². The molecule has 1 aliphatic heterocycles. The second-order valence-electron chi connectivity index (χ2n) is 7.00. The molecule has 0 atom stereocenters. The van der Waals surface area contributed by atoms with Crippen molar-refractivity contribution in [1.82, 2.24) is 4.90 Å². The zero-order chi connectivity index (χ0) is 17.9. The standard InChI is InChI=1S/C21H24N4O/c22-21(24-19-9-8-15-6-3-7-17(15)12-19)23-13-20(26)25-11-10-16-4-1-2-5-18(16)14-25/h1-2,4-5,8-9,12H,3,6-7,10-11,13-14H2,(H3,22,23,24). The molecule has 1 aliphatic carbocycles. The number of amides is 1. The fourth-order valence-corrected chi connectivity index (χ4v) is 3.80. The van der Waals surface area contributed by atoms with Gasteiger partial charge in [0, 0.05) is 18.8 Å². The first kappa shape index (κ1) is 16.6. The minimum absolute atomic E-state index is 0.0122. The average Bonchev–Trinajstić information content (AvgIpc) is 3.13.